The van der Waals surface area contributed by atoms with Crippen LogP contribution in [0.3, 0.4) is 0 Å². The van der Waals surface area contributed by atoms with Crippen LogP contribution in [0.5, 0.6) is 5.75 Å². The fourth-order valence-corrected chi connectivity index (χ4v) is 3.40. The molecule has 6 heteroatoms. The van der Waals surface area contributed by atoms with E-state index >= 15 is 0 Å². The molecule has 2 heterocycles. The fourth-order valence-electron chi connectivity index (χ4n) is 3.40. The molecule has 1 atom stereocenters. The molecule has 0 saturated carbocycles. The second-order valence-electron chi connectivity index (χ2n) is 7.30. The lowest BCUT2D eigenvalue weighted by atomic mass is 10.0. The van der Waals surface area contributed by atoms with Crippen LogP contribution < -0.4 is 16.6 Å². The Bertz CT molecular complexity index is 944. The van der Waals surface area contributed by atoms with Crippen molar-refractivity contribution in [2.45, 2.75) is 38.8 Å². The number of ether oxygens (including phenoxy) is 3. The topological polar surface area (TPSA) is 102 Å². The van der Waals surface area contributed by atoms with Crippen LogP contribution in [0, 0.1) is 0 Å². The van der Waals surface area contributed by atoms with Gasteiger partial charge in [0.15, 0.2) is 5.79 Å². The van der Waals surface area contributed by atoms with E-state index in [0.717, 1.165) is 27.8 Å². The monoisotopic (exact) mass is 381 g/mol. The molecule has 1 saturated heterocycles. The summed E-state index contributed by atoms with van der Waals surface area (Å²) in [4.78, 5) is 4.48. The molecule has 1 fully saturated rings. The minimum Gasteiger partial charge on any atom is -0.489 e. The van der Waals surface area contributed by atoms with Crippen LogP contribution in [0.25, 0.3) is 10.9 Å². The number of benzene rings is 2. The quantitative estimate of drug-likeness (QED) is 0.685. The maximum atomic E-state index is 6.21. The van der Waals surface area contributed by atoms with Gasteiger partial charge in [-0.05, 0) is 37.1 Å². The zero-order valence-electron chi connectivity index (χ0n) is 16.4. The summed E-state index contributed by atoms with van der Waals surface area (Å²) in [5.41, 5.74) is 9.93. The van der Waals surface area contributed by atoms with Crippen LogP contribution in [0.2, 0.25) is 0 Å². The molecule has 1 unspecified atom stereocenters. The third-order valence-electron chi connectivity index (χ3n) is 4.73. The second kappa shape index (κ2) is 8.14. The molecule has 4 rings (SSSR count). The number of fused-ring (bicyclic) bond motifs is 1. The van der Waals surface area contributed by atoms with Gasteiger partial charge >= 0.3 is 0 Å². The van der Waals surface area contributed by atoms with Crippen LogP contribution in [0.4, 0.5) is 5.69 Å². The number of hydrogen-bond acceptors (Lipinski definition) is 6. The van der Waals surface area contributed by atoms with Crippen LogP contribution in [-0.4, -0.2) is 23.5 Å². The Morgan fingerprint density at radius 3 is 2.68 bits per heavy atom. The molecule has 0 spiro atoms. The van der Waals surface area contributed by atoms with Crippen molar-refractivity contribution in [2.24, 2.45) is 0 Å². The van der Waals surface area contributed by atoms with E-state index in [2.05, 4.69) is 4.98 Å². The summed E-state index contributed by atoms with van der Waals surface area (Å²) in [5, 5.41) is 1.02. The molecule has 1 aliphatic heterocycles. The largest absolute Gasteiger partial charge is 0.489 e. The van der Waals surface area contributed by atoms with E-state index < -0.39 is 5.79 Å². The number of nitrogens with zero attached hydrogens (tertiary/aromatic N) is 1. The Kier molecular flexibility index (Phi) is 5.84. The molecule has 0 radical (unpaired) electrons. The Morgan fingerprint density at radius 1 is 1.18 bits per heavy atom. The summed E-state index contributed by atoms with van der Waals surface area (Å²) < 4.78 is 17.5. The SMILES string of the molecule is CC1(C)OCC(Cc2c(N)cnc3cc(OCc4ccccc4)ccc23)O1.N. The van der Waals surface area contributed by atoms with Gasteiger partial charge in [0.25, 0.3) is 0 Å². The van der Waals surface area contributed by atoms with E-state index in [9.17, 15) is 0 Å². The fraction of sp³-hybridized carbons (Fsp3) is 0.318. The Morgan fingerprint density at radius 2 is 1.96 bits per heavy atom. The van der Waals surface area contributed by atoms with E-state index in [1.165, 1.54) is 0 Å². The van der Waals surface area contributed by atoms with Crippen LogP contribution in [0.15, 0.2) is 54.7 Å². The summed E-state index contributed by atoms with van der Waals surface area (Å²) in [6.45, 7) is 4.94. The van der Waals surface area contributed by atoms with Crippen LogP contribution in [0.1, 0.15) is 25.0 Å². The first-order chi connectivity index (χ1) is 13.0. The summed E-state index contributed by atoms with van der Waals surface area (Å²) in [5.74, 6) is 0.247. The van der Waals surface area contributed by atoms with Gasteiger partial charge in [0.2, 0.25) is 0 Å². The molecular weight excluding hydrogens is 354 g/mol. The van der Waals surface area contributed by atoms with Crippen molar-refractivity contribution < 1.29 is 14.2 Å². The smallest absolute Gasteiger partial charge is 0.163 e. The number of rotatable bonds is 5. The normalized spacial score (nSPS) is 18.0. The van der Waals surface area contributed by atoms with Gasteiger partial charge in [-0.1, -0.05) is 30.3 Å². The standard InChI is InChI=1S/C22H24N2O3.H3N/c1-22(2)26-14-17(27-22)10-19-18-9-8-16(11-21(18)24-12-20(19)23)25-13-15-6-4-3-5-7-15;/h3-9,11-12,17H,10,13-14,23H2,1-2H3;1H3. The first kappa shape index (κ1) is 20.1. The van der Waals surface area contributed by atoms with Gasteiger partial charge < -0.3 is 26.1 Å². The zero-order chi connectivity index (χ0) is 18.9. The lowest BCUT2D eigenvalue weighted by Crippen LogP contribution is -2.22. The highest BCUT2D eigenvalue weighted by Crippen LogP contribution is 2.31. The van der Waals surface area contributed by atoms with Crippen LogP contribution >= 0.6 is 0 Å². The summed E-state index contributed by atoms with van der Waals surface area (Å²) in [6, 6.07) is 16.0. The maximum absolute atomic E-state index is 6.21. The van der Waals surface area contributed by atoms with E-state index in [1.807, 2.05) is 62.4 Å². The molecule has 148 valence electrons. The van der Waals surface area contributed by atoms with Crippen molar-refractivity contribution in [1.82, 2.24) is 11.1 Å². The molecule has 1 aliphatic rings. The molecule has 0 bridgehead atoms. The third kappa shape index (κ3) is 4.42. The van der Waals surface area contributed by atoms with E-state index in [4.69, 9.17) is 19.9 Å². The molecule has 28 heavy (non-hydrogen) atoms. The van der Waals surface area contributed by atoms with Gasteiger partial charge in [0.1, 0.15) is 12.4 Å². The van der Waals surface area contributed by atoms with Gasteiger partial charge in [0, 0.05) is 17.9 Å². The van der Waals surface area contributed by atoms with Gasteiger partial charge in [-0.2, -0.15) is 0 Å². The number of hydrogen-bond donors (Lipinski definition) is 2. The number of pyridine rings is 1. The first-order valence-corrected chi connectivity index (χ1v) is 9.16. The molecule has 2 aromatic carbocycles. The molecule has 5 N–H and O–H groups in total. The molecule has 0 amide bonds. The zero-order valence-corrected chi connectivity index (χ0v) is 16.4. The third-order valence-corrected chi connectivity index (χ3v) is 4.73. The lowest BCUT2D eigenvalue weighted by Gasteiger charge is -2.18. The number of nitrogens with two attached hydrogens (primary N) is 1. The minimum atomic E-state index is -0.541. The number of nitrogen functional groups attached to an aromatic ring is 1. The highest BCUT2D eigenvalue weighted by molar-refractivity contribution is 5.87. The van der Waals surface area contributed by atoms with Gasteiger partial charge in [-0.25, -0.2) is 0 Å². The molecule has 0 aliphatic carbocycles. The van der Waals surface area contributed by atoms with Gasteiger partial charge in [-0.3, -0.25) is 4.98 Å². The number of anilines is 1. The van der Waals surface area contributed by atoms with Gasteiger partial charge in [0.05, 0.1) is 30.1 Å². The van der Waals surface area contributed by atoms with Crippen molar-refractivity contribution in [1.29, 1.82) is 0 Å². The van der Waals surface area contributed by atoms with E-state index in [0.29, 0.717) is 25.3 Å². The Labute approximate surface area is 165 Å². The molecule has 1 aromatic heterocycles. The Hall–Kier alpha value is -2.67. The van der Waals surface area contributed by atoms with Crippen molar-refractivity contribution >= 4 is 16.6 Å². The summed E-state index contributed by atoms with van der Waals surface area (Å²) >= 11 is 0. The van der Waals surface area contributed by atoms with Crippen molar-refractivity contribution in [3.05, 3.63) is 65.9 Å². The predicted molar refractivity (Wildman–Crippen MR) is 111 cm³/mol. The first-order valence-electron chi connectivity index (χ1n) is 9.16. The minimum absolute atomic E-state index is 0. The summed E-state index contributed by atoms with van der Waals surface area (Å²) in [6.07, 6.45) is 2.39. The molecule has 6 nitrogen and oxygen atoms in total. The van der Waals surface area contributed by atoms with E-state index in [-0.39, 0.29) is 12.3 Å². The molecular formula is C22H27N3O3. The van der Waals surface area contributed by atoms with Crippen LogP contribution in [-0.2, 0) is 22.5 Å². The Balaban J connectivity index is 0.00000225. The highest BCUT2D eigenvalue weighted by Gasteiger charge is 2.33. The van der Waals surface area contributed by atoms with Gasteiger partial charge in [-0.15, -0.1) is 0 Å². The number of aromatic nitrogens is 1. The van der Waals surface area contributed by atoms with Crippen molar-refractivity contribution in [3.63, 3.8) is 0 Å². The predicted octanol–water partition coefficient (Wildman–Crippen LogP) is 4.25. The van der Waals surface area contributed by atoms with E-state index in [1.54, 1.807) is 6.20 Å². The maximum Gasteiger partial charge on any atom is 0.163 e. The molecule has 3 aromatic rings. The average molecular weight is 381 g/mol. The average Bonchev–Trinajstić information content (AvgIpc) is 3.01. The second-order valence-corrected chi connectivity index (χ2v) is 7.30. The van der Waals surface area contributed by atoms with Crippen molar-refractivity contribution in [3.8, 4) is 5.75 Å². The lowest BCUT2D eigenvalue weighted by molar-refractivity contribution is -0.138. The van der Waals surface area contributed by atoms with Crippen molar-refractivity contribution in [2.75, 3.05) is 12.3 Å². The highest BCUT2D eigenvalue weighted by atomic mass is 16.7. The summed E-state index contributed by atoms with van der Waals surface area (Å²) in [7, 11) is 0.